The minimum Gasteiger partial charge on any atom is -0.386 e. The Balaban J connectivity index is 5.44. The average Bonchev–Trinajstić information content (AvgIpc) is 2.91. The Morgan fingerprint density at radius 2 is 1.38 bits per heavy atom. The molecule has 1 N–H and O–H groups in total. The number of ether oxygens (including phenoxy) is 3. The lowest BCUT2D eigenvalue weighted by Crippen LogP contribution is -2.53. The second kappa shape index (κ2) is 16.6. The first-order chi connectivity index (χ1) is 17.2. The van der Waals surface area contributed by atoms with E-state index >= 15 is 0 Å². The van der Waals surface area contributed by atoms with Gasteiger partial charge in [-0.1, -0.05) is 74.8 Å². The van der Waals surface area contributed by atoms with Crippen LogP contribution < -0.4 is 0 Å². The number of rotatable bonds is 22. The van der Waals surface area contributed by atoms with Crippen molar-refractivity contribution >= 4 is 0 Å². The lowest BCUT2D eigenvalue weighted by atomic mass is 9.60. The van der Waals surface area contributed by atoms with Crippen molar-refractivity contribution in [2.24, 2.45) is 22.7 Å². The summed E-state index contributed by atoms with van der Waals surface area (Å²) in [6.45, 7) is 32.9. The van der Waals surface area contributed by atoms with Crippen LogP contribution in [0.25, 0.3) is 0 Å². The first-order valence-corrected chi connectivity index (χ1v) is 15.5. The standard InChI is InChI=1S/C33H66O4/c1-14-27(9)35-23-21-30(12,15-2)28(10)29(11)36-25-26(8)33(19-6,20-7)31(13,16-3)37-24-22-32(34,17-4)18-5/h17,26-29,34H,4,14-16,18-25H2,1-3,5-13H3. The molecule has 0 bridgehead atoms. The van der Waals surface area contributed by atoms with Crippen LogP contribution in [-0.4, -0.2) is 48.3 Å². The molecule has 0 amide bonds. The predicted molar refractivity (Wildman–Crippen MR) is 160 cm³/mol. The third-order valence-electron chi connectivity index (χ3n) is 10.8. The zero-order valence-electron chi connectivity index (χ0n) is 27.0. The van der Waals surface area contributed by atoms with E-state index in [0.717, 1.165) is 51.7 Å². The number of hydrogen-bond donors (Lipinski definition) is 1. The van der Waals surface area contributed by atoms with Gasteiger partial charge in [-0.3, -0.25) is 0 Å². The summed E-state index contributed by atoms with van der Waals surface area (Å²) in [7, 11) is 0. The fraction of sp³-hybridized carbons (Fsp3) is 0.939. The molecule has 4 nitrogen and oxygen atoms in total. The van der Waals surface area contributed by atoms with Crippen LogP contribution in [0.3, 0.4) is 0 Å². The molecular weight excluding hydrogens is 460 g/mol. The Morgan fingerprint density at radius 3 is 1.81 bits per heavy atom. The summed E-state index contributed by atoms with van der Waals surface area (Å²) in [5.74, 6) is 0.774. The minimum absolute atomic E-state index is 0.0125. The highest BCUT2D eigenvalue weighted by Crippen LogP contribution is 2.49. The molecule has 0 spiro atoms. The molecular formula is C33H66O4. The Labute approximate surface area is 232 Å². The van der Waals surface area contributed by atoms with Crippen LogP contribution in [0.2, 0.25) is 0 Å². The van der Waals surface area contributed by atoms with Crippen LogP contribution in [-0.2, 0) is 14.2 Å². The Kier molecular flexibility index (Phi) is 16.4. The van der Waals surface area contributed by atoms with Gasteiger partial charge in [0.15, 0.2) is 0 Å². The summed E-state index contributed by atoms with van der Waals surface area (Å²) in [6, 6.07) is 0. The van der Waals surface area contributed by atoms with E-state index < -0.39 is 5.60 Å². The molecule has 0 aromatic heterocycles. The minimum atomic E-state index is -0.860. The second-order valence-electron chi connectivity index (χ2n) is 12.3. The van der Waals surface area contributed by atoms with Crippen LogP contribution in [0.4, 0.5) is 0 Å². The summed E-state index contributed by atoms with van der Waals surface area (Å²) in [5.41, 5.74) is -0.983. The average molecular weight is 527 g/mol. The topological polar surface area (TPSA) is 47.9 Å². The van der Waals surface area contributed by atoms with Crippen LogP contribution >= 0.6 is 0 Å². The van der Waals surface area contributed by atoms with E-state index in [0.29, 0.717) is 37.4 Å². The number of aliphatic hydroxyl groups is 1. The van der Waals surface area contributed by atoms with Crippen molar-refractivity contribution < 1.29 is 19.3 Å². The fourth-order valence-electron chi connectivity index (χ4n) is 6.19. The lowest BCUT2D eigenvalue weighted by Gasteiger charge is -2.52. The van der Waals surface area contributed by atoms with Gasteiger partial charge in [-0.05, 0) is 76.5 Å². The maximum absolute atomic E-state index is 10.7. The van der Waals surface area contributed by atoms with Gasteiger partial charge in [0.1, 0.15) is 0 Å². The van der Waals surface area contributed by atoms with Gasteiger partial charge < -0.3 is 19.3 Å². The van der Waals surface area contributed by atoms with Gasteiger partial charge in [0.05, 0.1) is 36.6 Å². The van der Waals surface area contributed by atoms with Crippen LogP contribution in [0.15, 0.2) is 12.7 Å². The number of hydrogen-bond acceptors (Lipinski definition) is 4. The van der Waals surface area contributed by atoms with Gasteiger partial charge in [0, 0.05) is 18.4 Å². The maximum Gasteiger partial charge on any atom is 0.0844 e. The maximum atomic E-state index is 10.7. The van der Waals surface area contributed by atoms with Gasteiger partial charge in [0.2, 0.25) is 0 Å². The van der Waals surface area contributed by atoms with E-state index in [1.54, 1.807) is 6.08 Å². The van der Waals surface area contributed by atoms with Gasteiger partial charge in [-0.25, -0.2) is 0 Å². The molecule has 0 rings (SSSR count). The summed E-state index contributed by atoms with van der Waals surface area (Å²) in [4.78, 5) is 0. The SMILES string of the molecule is C=CC(O)(CC)CCOC(C)(CC)C(CC)(CC)C(C)COC(C)C(C)C(C)(CC)CCOC(C)CC. The largest absolute Gasteiger partial charge is 0.386 e. The quantitative estimate of drug-likeness (QED) is 0.143. The monoisotopic (exact) mass is 526 g/mol. The van der Waals surface area contributed by atoms with Crippen molar-refractivity contribution in [3.05, 3.63) is 12.7 Å². The van der Waals surface area contributed by atoms with E-state index in [2.05, 4.69) is 82.7 Å². The van der Waals surface area contributed by atoms with Gasteiger partial charge in [-0.2, -0.15) is 0 Å². The second-order valence-corrected chi connectivity index (χ2v) is 12.3. The van der Waals surface area contributed by atoms with E-state index in [-0.39, 0.29) is 22.5 Å². The molecule has 7 unspecified atom stereocenters. The molecule has 0 aliphatic carbocycles. The lowest BCUT2D eigenvalue weighted by molar-refractivity contribution is -0.172. The normalized spacial score (nSPS) is 20.8. The van der Waals surface area contributed by atoms with Crippen LogP contribution in [0.5, 0.6) is 0 Å². The molecule has 222 valence electrons. The van der Waals surface area contributed by atoms with Gasteiger partial charge >= 0.3 is 0 Å². The summed E-state index contributed by atoms with van der Waals surface area (Å²) in [5, 5.41) is 10.7. The highest BCUT2D eigenvalue weighted by Gasteiger charge is 2.49. The fourth-order valence-corrected chi connectivity index (χ4v) is 6.19. The molecule has 0 aromatic rings. The first kappa shape index (κ1) is 36.6. The molecule has 0 saturated heterocycles. The summed E-state index contributed by atoms with van der Waals surface area (Å²) < 4.78 is 19.4. The highest BCUT2D eigenvalue weighted by atomic mass is 16.5. The van der Waals surface area contributed by atoms with E-state index in [4.69, 9.17) is 14.2 Å². The van der Waals surface area contributed by atoms with Gasteiger partial charge in [-0.15, -0.1) is 6.58 Å². The highest BCUT2D eigenvalue weighted by molar-refractivity contribution is 5.00. The van der Waals surface area contributed by atoms with Crippen LogP contribution in [0, 0.1) is 22.7 Å². The molecule has 0 aromatic carbocycles. The Hall–Kier alpha value is -0.420. The van der Waals surface area contributed by atoms with Crippen molar-refractivity contribution in [2.75, 3.05) is 19.8 Å². The molecule has 0 aliphatic heterocycles. The van der Waals surface area contributed by atoms with Crippen molar-refractivity contribution in [1.29, 1.82) is 0 Å². The van der Waals surface area contributed by atoms with E-state index in [9.17, 15) is 5.11 Å². The third kappa shape index (κ3) is 9.62. The smallest absolute Gasteiger partial charge is 0.0844 e. The Morgan fingerprint density at radius 1 is 0.784 bits per heavy atom. The molecule has 0 aliphatic rings. The molecule has 37 heavy (non-hydrogen) atoms. The first-order valence-electron chi connectivity index (χ1n) is 15.5. The summed E-state index contributed by atoms with van der Waals surface area (Å²) in [6.07, 6.45) is 9.59. The molecule has 0 radical (unpaired) electrons. The van der Waals surface area contributed by atoms with E-state index in [1.165, 1.54) is 0 Å². The van der Waals surface area contributed by atoms with Crippen molar-refractivity contribution in [1.82, 2.24) is 0 Å². The van der Waals surface area contributed by atoms with Crippen LogP contribution in [0.1, 0.15) is 134 Å². The van der Waals surface area contributed by atoms with Crippen molar-refractivity contribution in [3.8, 4) is 0 Å². The van der Waals surface area contributed by atoms with E-state index in [1.807, 2.05) is 6.92 Å². The molecule has 0 saturated carbocycles. The van der Waals surface area contributed by atoms with Gasteiger partial charge in [0.25, 0.3) is 0 Å². The predicted octanol–water partition coefficient (Wildman–Crippen LogP) is 8.99. The zero-order chi connectivity index (χ0) is 28.9. The van der Waals surface area contributed by atoms with Crippen molar-refractivity contribution in [2.45, 2.75) is 158 Å². The zero-order valence-corrected chi connectivity index (χ0v) is 27.0. The Bertz CT molecular complexity index is 617. The van der Waals surface area contributed by atoms with Crippen molar-refractivity contribution in [3.63, 3.8) is 0 Å². The molecule has 0 fully saturated rings. The molecule has 4 heteroatoms. The third-order valence-corrected chi connectivity index (χ3v) is 10.8. The molecule has 0 heterocycles. The summed E-state index contributed by atoms with van der Waals surface area (Å²) >= 11 is 0. The molecule has 7 atom stereocenters.